The number of hydrogen-bond donors (Lipinski definition) is 2. The topological polar surface area (TPSA) is 115 Å². The Hall–Kier alpha value is -4.08. The molecule has 10 heteroatoms. The van der Waals surface area contributed by atoms with E-state index in [1.165, 1.54) is 19.2 Å². The van der Waals surface area contributed by atoms with Crippen LogP contribution in [-0.2, 0) is 16.2 Å². The van der Waals surface area contributed by atoms with Gasteiger partial charge in [0.15, 0.2) is 17.7 Å². The third-order valence-electron chi connectivity index (χ3n) is 4.75. The fourth-order valence-corrected chi connectivity index (χ4v) is 3.20. The Bertz CT molecular complexity index is 1130. The van der Waals surface area contributed by atoms with Crippen molar-refractivity contribution >= 4 is 18.0 Å². The molecule has 1 unspecified atom stereocenters. The van der Waals surface area contributed by atoms with Crippen molar-refractivity contribution < 1.29 is 23.6 Å². The van der Waals surface area contributed by atoms with Crippen LogP contribution in [0.15, 0.2) is 53.3 Å². The number of benzene rings is 1. The largest absolute Gasteiger partial charge is 0.494 e. The number of nitrogens with zero attached hydrogens (tertiary/aromatic N) is 3. The van der Waals surface area contributed by atoms with Gasteiger partial charge in [0.25, 0.3) is 5.91 Å². The fourth-order valence-electron chi connectivity index (χ4n) is 3.20. The molecule has 33 heavy (non-hydrogen) atoms. The number of ether oxygens (including phenoxy) is 1. The molecule has 1 aromatic carbocycles. The third kappa shape index (κ3) is 6.00. The zero-order chi connectivity index (χ0) is 23.8. The molecule has 3 rings (SSSR count). The molecular weight excluding hydrogens is 429 g/mol. The van der Waals surface area contributed by atoms with Crippen LogP contribution >= 0.6 is 0 Å². The van der Waals surface area contributed by atoms with Crippen LogP contribution in [0.4, 0.5) is 4.39 Å². The third-order valence-corrected chi connectivity index (χ3v) is 4.75. The van der Waals surface area contributed by atoms with Crippen LogP contribution in [0.5, 0.6) is 5.75 Å². The molecule has 1 aliphatic heterocycles. The first kappa shape index (κ1) is 23.6. The molecule has 0 fully saturated rings. The molecular formula is C23H24FN5O4. The maximum absolute atomic E-state index is 13.6. The number of nitrogens with one attached hydrogen (secondary N) is 2. The Balaban J connectivity index is 1.72. The Morgan fingerprint density at radius 2 is 2.15 bits per heavy atom. The minimum atomic E-state index is -0.476. The average molecular weight is 453 g/mol. The monoisotopic (exact) mass is 453 g/mol. The summed E-state index contributed by atoms with van der Waals surface area (Å²) in [4.78, 5) is 37.4. The summed E-state index contributed by atoms with van der Waals surface area (Å²) in [7, 11) is 1.38. The second-order valence-corrected chi connectivity index (χ2v) is 7.10. The lowest BCUT2D eigenvalue weighted by atomic mass is 10.0. The number of aromatic nitrogens is 2. The number of halogens is 1. The van der Waals surface area contributed by atoms with Crippen molar-refractivity contribution in [1.82, 2.24) is 20.6 Å². The summed E-state index contributed by atoms with van der Waals surface area (Å²) in [6.07, 6.45) is 5.77. The maximum atomic E-state index is 13.6. The van der Waals surface area contributed by atoms with Gasteiger partial charge in [0, 0.05) is 24.7 Å². The van der Waals surface area contributed by atoms with Crippen molar-refractivity contribution in [2.45, 2.75) is 32.9 Å². The van der Waals surface area contributed by atoms with Gasteiger partial charge in [-0.15, -0.1) is 0 Å². The van der Waals surface area contributed by atoms with E-state index in [0.717, 1.165) is 5.57 Å². The van der Waals surface area contributed by atoms with Gasteiger partial charge in [0.1, 0.15) is 17.2 Å². The SMILES string of the molecule is C/C=C\C(=C/NC=O)C1CC(c2cc(C(=O)NCc3ccc(F)c(OC)c3)nc(C)n2)=NO1. The summed E-state index contributed by atoms with van der Waals surface area (Å²) in [5.41, 5.74) is 2.62. The summed E-state index contributed by atoms with van der Waals surface area (Å²) < 4.78 is 18.5. The molecule has 1 aromatic heterocycles. The van der Waals surface area contributed by atoms with Gasteiger partial charge in [0.05, 0.1) is 12.8 Å². The van der Waals surface area contributed by atoms with Crippen LogP contribution in [0.1, 0.15) is 40.9 Å². The molecule has 0 saturated heterocycles. The van der Waals surface area contributed by atoms with Crippen molar-refractivity contribution in [1.29, 1.82) is 0 Å². The van der Waals surface area contributed by atoms with E-state index in [0.29, 0.717) is 35.6 Å². The molecule has 2 aromatic rings. The Kier molecular flexibility index (Phi) is 7.85. The summed E-state index contributed by atoms with van der Waals surface area (Å²) in [6, 6.07) is 5.91. The summed E-state index contributed by atoms with van der Waals surface area (Å²) in [6.45, 7) is 3.70. The number of rotatable bonds is 9. The van der Waals surface area contributed by atoms with E-state index < -0.39 is 17.8 Å². The predicted molar refractivity (Wildman–Crippen MR) is 119 cm³/mol. The van der Waals surface area contributed by atoms with Gasteiger partial charge in [-0.2, -0.15) is 0 Å². The van der Waals surface area contributed by atoms with Crippen molar-refractivity contribution in [3.63, 3.8) is 0 Å². The molecule has 1 atom stereocenters. The molecule has 0 spiro atoms. The maximum Gasteiger partial charge on any atom is 0.270 e. The van der Waals surface area contributed by atoms with Crippen LogP contribution in [0, 0.1) is 12.7 Å². The smallest absolute Gasteiger partial charge is 0.270 e. The molecule has 0 bridgehead atoms. The lowest BCUT2D eigenvalue weighted by Gasteiger charge is -2.10. The van der Waals surface area contributed by atoms with Gasteiger partial charge >= 0.3 is 0 Å². The fraction of sp³-hybridized carbons (Fsp3) is 0.261. The van der Waals surface area contributed by atoms with Crippen LogP contribution in [0.25, 0.3) is 0 Å². The molecule has 9 nitrogen and oxygen atoms in total. The molecule has 0 aliphatic carbocycles. The molecule has 0 radical (unpaired) electrons. The van der Waals surface area contributed by atoms with Crippen LogP contribution in [-0.4, -0.2) is 41.2 Å². The van der Waals surface area contributed by atoms with Crippen LogP contribution in [0.3, 0.4) is 0 Å². The summed E-state index contributed by atoms with van der Waals surface area (Å²) in [5, 5.41) is 9.38. The highest BCUT2D eigenvalue weighted by Crippen LogP contribution is 2.23. The minimum Gasteiger partial charge on any atom is -0.494 e. The quantitative estimate of drug-likeness (QED) is 0.446. The van der Waals surface area contributed by atoms with Crippen molar-refractivity contribution in [3.05, 3.63) is 76.8 Å². The van der Waals surface area contributed by atoms with Gasteiger partial charge < -0.3 is 20.2 Å². The Labute approximate surface area is 190 Å². The standard InChI is InChI=1S/C23H24FN5O4/c1-4-5-16(12-25-13-30)21-10-19(29-33-21)18-9-20(28-14(2)27-18)23(31)26-11-15-6-7-17(24)22(8-15)32-3/h4-9,12-13,21H,10-11H2,1-3H3,(H,25,30)(H,26,31)/b5-4-,16-12+. The first-order valence-corrected chi connectivity index (χ1v) is 10.2. The van der Waals surface area contributed by atoms with Crippen molar-refractivity contribution in [2.75, 3.05) is 7.11 Å². The number of allylic oxidation sites excluding steroid dienone is 1. The molecule has 2 amide bonds. The van der Waals surface area contributed by atoms with Gasteiger partial charge in [-0.1, -0.05) is 23.4 Å². The number of carbonyl (C=O) groups is 2. The van der Waals surface area contributed by atoms with E-state index in [1.54, 1.807) is 25.3 Å². The second-order valence-electron chi connectivity index (χ2n) is 7.10. The summed E-state index contributed by atoms with van der Waals surface area (Å²) in [5.74, 6) is -0.383. The molecule has 2 heterocycles. The number of oxime groups is 1. The van der Waals surface area contributed by atoms with Crippen LogP contribution in [0.2, 0.25) is 0 Å². The number of aryl methyl sites for hydroxylation is 1. The van der Waals surface area contributed by atoms with E-state index in [-0.39, 0.29) is 18.0 Å². The molecule has 2 N–H and O–H groups in total. The van der Waals surface area contributed by atoms with Gasteiger partial charge in [-0.25, -0.2) is 14.4 Å². The van der Waals surface area contributed by atoms with Gasteiger partial charge in [-0.05, 0) is 37.6 Å². The zero-order valence-electron chi connectivity index (χ0n) is 18.5. The van der Waals surface area contributed by atoms with E-state index in [4.69, 9.17) is 9.57 Å². The van der Waals surface area contributed by atoms with Gasteiger partial charge in [-0.3, -0.25) is 9.59 Å². The molecule has 172 valence electrons. The number of amides is 2. The van der Waals surface area contributed by atoms with Crippen LogP contribution < -0.4 is 15.4 Å². The lowest BCUT2D eigenvalue weighted by molar-refractivity contribution is -0.108. The van der Waals surface area contributed by atoms with E-state index in [1.807, 2.05) is 19.1 Å². The zero-order valence-corrected chi connectivity index (χ0v) is 18.5. The lowest BCUT2D eigenvalue weighted by Crippen LogP contribution is -2.25. The summed E-state index contributed by atoms with van der Waals surface area (Å²) >= 11 is 0. The number of hydrogen-bond acceptors (Lipinski definition) is 7. The number of carbonyl (C=O) groups excluding carboxylic acids is 2. The highest BCUT2D eigenvalue weighted by atomic mass is 19.1. The first-order chi connectivity index (χ1) is 15.9. The molecule has 1 aliphatic rings. The number of methoxy groups -OCH3 is 1. The Morgan fingerprint density at radius 1 is 1.33 bits per heavy atom. The normalized spacial score (nSPS) is 15.7. The Morgan fingerprint density at radius 3 is 2.88 bits per heavy atom. The predicted octanol–water partition coefficient (Wildman–Crippen LogP) is 2.56. The van der Waals surface area contributed by atoms with Gasteiger partial charge in [0.2, 0.25) is 6.41 Å². The van der Waals surface area contributed by atoms with E-state index in [2.05, 4.69) is 25.8 Å². The molecule has 0 saturated carbocycles. The van der Waals surface area contributed by atoms with E-state index >= 15 is 0 Å². The highest BCUT2D eigenvalue weighted by molar-refractivity contribution is 6.02. The van der Waals surface area contributed by atoms with E-state index in [9.17, 15) is 14.0 Å². The average Bonchev–Trinajstić information content (AvgIpc) is 3.31. The van der Waals surface area contributed by atoms with Crippen molar-refractivity contribution in [3.8, 4) is 5.75 Å². The minimum absolute atomic E-state index is 0.102. The second kappa shape index (κ2) is 11.0. The van der Waals surface area contributed by atoms with Crippen molar-refractivity contribution in [2.24, 2.45) is 5.16 Å². The first-order valence-electron chi connectivity index (χ1n) is 10.2. The highest BCUT2D eigenvalue weighted by Gasteiger charge is 2.26.